The summed E-state index contributed by atoms with van der Waals surface area (Å²) in [4.78, 5) is 15.1. The molecule has 0 radical (unpaired) electrons. The van der Waals surface area contributed by atoms with Crippen LogP contribution in [-0.4, -0.2) is 34.8 Å². The zero-order valence-corrected chi connectivity index (χ0v) is 15.8. The van der Waals surface area contributed by atoms with Gasteiger partial charge in [0.15, 0.2) is 0 Å². The van der Waals surface area contributed by atoms with Crippen molar-refractivity contribution in [1.82, 2.24) is 4.90 Å². The molecule has 3 nitrogen and oxygen atoms in total. The normalized spacial score (nSPS) is 19.1. The SMILES string of the molecule is CSc1ccc(C(c2cc(C)cc(C)c2)N2CCCC2C(=O)O)cc1. The molecule has 1 heterocycles. The van der Waals surface area contributed by atoms with Gasteiger partial charge in [-0.1, -0.05) is 41.5 Å². The molecule has 132 valence electrons. The van der Waals surface area contributed by atoms with Gasteiger partial charge in [-0.2, -0.15) is 0 Å². The number of hydrogen-bond donors (Lipinski definition) is 1. The van der Waals surface area contributed by atoms with Gasteiger partial charge in [0.25, 0.3) is 0 Å². The molecular formula is C21H25NO2S. The van der Waals surface area contributed by atoms with Crippen LogP contribution in [0.3, 0.4) is 0 Å². The molecule has 0 aliphatic carbocycles. The van der Waals surface area contributed by atoms with Gasteiger partial charge in [-0.3, -0.25) is 9.69 Å². The Morgan fingerprint density at radius 3 is 2.32 bits per heavy atom. The molecule has 0 spiro atoms. The Labute approximate surface area is 154 Å². The number of aryl methyl sites for hydroxylation is 2. The van der Waals surface area contributed by atoms with E-state index < -0.39 is 12.0 Å². The predicted molar refractivity (Wildman–Crippen MR) is 103 cm³/mol. The van der Waals surface area contributed by atoms with Crippen LogP contribution < -0.4 is 0 Å². The highest BCUT2D eigenvalue weighted by Crippen LogP contribution is 2.36. The highest BCUT2D eigenvalue weighted by Gasteiger charge is 2.36. The van der Waals surface area contributed by atoms with Crippen molar-refractivity contribution >= 4 is 17.7 Å². The van der Waals surface area contributed by atoms with Gasteiger partial charge < -0.3 is 5.11 Å². The van der Waals surface area contributed by atoms with Gasteiger partial charge in [-0.05, 0) is 56.2 Å². The third-order valence-corrected chi connectivity index (χ3v) is 5.65. The standard InChI is InChI=1S/C21H25NO2S/c1-14-11-15(2)13-17(12-14)20(16-6-8-18(25-3)9-7-16)22-10-4-5-19(22)21(23)24/h6-9,11-13,19-20H,4-5,10H2,1-3H3,(H,23,24). The number of hydrogen-bond acceptors (Lipinski definition) is 3. The van der Waals surface area contributed by atoms with Crippen LogP contribution in [0, 0.1) is 13.8 Å². The van der Waals surface area contributed by atoms with E-state index in [1.54, 1.807) is 11.8 Å². The Morgan fingerprint density at radius 1 is 1.12 bits per heavy atom. The molecule has 1 aliphatic rings. The smallest absolute Gasteiger partial charge is 0.320 e. The van der Waals surface area contributed by atoms with Crippen LogP contribution in [0.25, 0.3) is 0 Å². The molecule has 0 aromatic heterocycles. The molecule has 3 rings (SSSR count). The maximum absolute atomic E-state index is 11.8. The predicted octanol–water partition coefficient (Wildman–Crippen LogP) is 4.66. The number of thioether (sulfide) groups is 1. The monoisotopic (exact) mass is 355 g/mol. The second kappa shape index (κ2) is 7.63. The molecule has 2 aromatic rings. The quantitative estimate of drug-likeness (QED) is 0.792. The van der Waals surface area contributed by atoms with Crippen LogP contribution in [0.2, 0.25) is 0 Å². The number of likely N-dealkylation sites (tertiary alicyclic amines) is 1. The van der Waals surface area contributed by atoms with Gasteiger partial charge in [0.1, 0.15) is 6.04 Å². The Kier molecular flexibility index (Phi) is 5.50. The fourth-order valence-corrected chi connectivity index (χ4v) is 4.30. The van der Waals surface area contributed by atoms with Crippen LogP contribution in [0.1, 0.15) is 41.1 Å². The lowest BCUT2D eigenvalue weighted by Crippen LogP contribution is -2.39. The first-order chi connectivity index (χ1) is 12.0. The van der Waals surface area contributed by atoms with Crippen molar-refractivity contribution < 1.29 is 9.90 Å². The average Bonchev–Trinajstić information content (AvgIpc) is 3.04. The Morgan fingerprint density at radius 2 is 1.76 bits per heavy atom. The lowest BCUT2D eigenvalue weighted by atomic mass is 9.93. The summed E-state index contributed by atoms with van der Waals surface area (Å²) in [5.41, 5.74) is 4.78. The lowest BCUT2D eigenvalue weighted by molar-refractivity contribution is -0.142. The summed E-state index contributed by atoms with van der Waals surface area (Å²) in [5, 5.41) is 9.67. The van der Waals surface area contributed by atoms with Gasteiger partial charge in [0.2, 0.25) is 0 Å². The zero-order valence-electron chi connectivity index (χ0n) is 15.0. The molecule has 2 aromatic carbocycles. The molecule has 2 atom stereocenters. The third kappa shape index (κ3) is 3.91. The number of carboxylic acid groups (broad SMARTS) is 1. The summed E-state index contributed by atoms with van der Waals surface area (Å²) in [6, 6.07) is 14.7. The molecule has 0 saturated carbocycles. The molecule has 0 amide bonds. The highest BCUT2D eigenvalue weighted by molar-refractivity contribution is 7.98. The maximum Gasteiger partial charge on any atom is 0.320 e. The lowest BCUT2D eigenvalue weighted by Gasteiger charge is -2.32. The van der Waals surface area contributed by atoms with Gasteiger partial charge in [-0.25, -0.2) is 0 Å². The Bertz CT molecular complexity index is 737. The summed E-state index contributed by atoms with van der Waals surface area (Å²) < 4.78 is 0. The van der Waals surface area contributed by atoms with E-state index in [1.807, 2.05) is 0 Å². The van der Waals surface area contributed by atoms with Crippen LogP contribution >= 0.6 is 11.8 Å². The summed E-state index contributed by atoms with van der Waals surface area (Å²) in [7, 11) is 0. The second-order valence-corrected chi connectivity index (χ2v) is 7.71. The van der Waals surface area contributed by atoms with E-state index in [2.05, 4.69) is 67.5 Å². The van der Waals surface area contributed by atoms with E-state index in [1.165, 1.54) is 21.6 Å². The summed E-state index contributed by atoms with van der Waals surface area (Å²) in [6.45, 7) is 5.02. The van der Waals surface area contributed by atoms with Gasteiger partial charge in [0.05, 0.1) is 6.04 Å². The van der Waals surface area contributed by atoms with Crippen molar-refractivity contribution in [3.8, 4) is 0 Å². The van der Waals surface area contributed by atoms with Crippen LogP contribution in [0.5, 0.6) is 0 Å². The number of carboxylic acids is 1. The molecule has 4 heteroatoms. The van der Waals surface area contributed by atoms with Crippen LogP contribution in [0.15, 0.2) is 47.4 Å². The first-order valence-electron chi connectivity index (χ1n) is 8.70. The molecule has 1 fully saturated rings. The molecular weight excluding hydrogens is 330 g/mol. The van der Waals surface area contributed by atoms with Crippen molar-refractivity contribution in [2.75, 3.05) is 12.8 Å². The van der Waals surface area contributed by atoms with E-state index in [4.69, 9.17) is 0 Å². The van der Waals surface area contributed by atoms with Crippen molar-refractivity contribution in [2.45, 2.75) is 43.7 Å². The van der Waals surface area contributed by atoms with Crippen molar-refractivity contribution in [3.05, 3.63) is 64.7 Å². The number of nitrogens with zero attached hydrogens (tertiary/aromatic N) is 1. The zero-order chi connectivity index (χ0) is 18.0. The second-order valence-electron chi connectivity index (χ2n) is 6.83. The highest BCUT2D eigenvalue weighted by atomic mass is 32.2. The maximum atomic E-state index is 11.8. The van der Waals surface area contributed by atoms with E-state index in [0.29, 0.717) is 0 Å². The minimum Gasteiger partial charge on any atom is -0.480 e. The summed E-state index contributed by atoms with van der Waals surface area (Å²) >= 11 is 1.72. The van der Waals surface area contributed by atoms with Crippen LogP contribution in [-0.2, 0) is 4.79 Å². The van der Waals surface area contributed by atoms with Gasteiger partial charge >= 0.3 is 5.97 Å². The largest absolute Gasteiger partial charge is 0.480 e. The molecule has 1 saturated heterocycles. The minimum absolute atomic E-state index is 0.0156. The number of carbonyl (C=O) groups is 1. The van der Waals surface area contributed by atoms with E-state index in [9.17, 15) is 9.90 Å². The fraction of sp³-hybridized carbons (Fsp3) is 0.381. The van der Waals surface area contributed by atoms with E-state index >= 15 is 0 Å². The van der Waals surface area contributed by atoms with Crippen molar-refractivity contribution in [2.24, 2.45) is 0 Å². The first-order valence-corrected chi connectivity index (χ1v) is 9.93. The fourth-order valence-electron chi connectivity index (χ4n) is 3.89. The third-order valence-electron chi connectivity index (χ3n) is 4.90. The van der Waals surface area contributed by atoms with E-state index in [-0.39, 0.29) is 6.04 Å². The average molecular weight is 356 g/mol. The molecule has 1 N–H and O–H groups in total. The molecule has 25 heavy (non-hydrogen) atoms. The van der Waals surface area contributed by atoms with Gasteiger partial charge in [0, 0.05) is 11.4 Å². The summed E-state index contributed by atoms with van der Waals surface area (Å²) in [5.74, 6) is -0.715. The van der Waals surface area contributed by atoms with Crippen molar-refractivity contribution in [1.29, 1.82) is 0 Å². The summed E-state index contributed by atoms with van der Waals surface area (Å²) in [6.07, 6.45) is 3.72. The molecule has 0 bridgehead atoms. The Balaban J connectivity index is 2.08. The first kappa shape index (κ1) is 18.0. The van der Waals surface area contributed by atoms with Crippen molar-refractivity contribution in [3.63, 3.8) is 0 Å². The van der Waals surface area contributed by atoms with E-state index in [0.717, 1.165) is 24.9 Å². The number of aliphatic carboxylic acids is 1. The number of benzene rings is 2. The molecule has 1 aliphatic heterocycles. The minimum atomic E-state index is -0.715. The van der Waals surface area contributed by atoms with Gasteiger partial charge in [-0.15, -0.1) is 11.8 Å². The van der Waals surface area contributed by atoms with Crippen LogP contribution in [0.4, 0.5) is 0 Å². The molecule has 2 unspecified atom stereocenters. The Hall–Kier alpha value is -1.78. The number of rotatable bonds is 5. The topological polar surface area (TPSA) is 40.5 Å².